The number of rotatable bonds is 8. The van der Waals surface area contributed by atoms with E-state index in [1.807, 2.05) is 0 Å². The zero-order valence-corrected chi connectivity index (χ0v) is 14.3. The van der Waals surface area contributed by atoms with Gasteiger partial charge in [0.25, 0.3) is 5.91 Å². The number of methoxy groups -OCH3 is 3. The third-order valence-electron chi connectivity index (χ3n) is 3.40. The molecular formula is C18H20FNO5. The molecule has 0 atom stereocenters. The maximum absolute atomic E-state index is 12.8. The van der Waals surface area contributed by atoms with Crippen LogP contribution in [0, 0.1) is 5.82 Å². The molecule has 0 heterocycles. The SMILES string of the molecule is COc1cc(C(=O)NCCOc2ccc(F)cc2)cc(OC)c1OC. The molecule has 0 fully saturated rings. The maximum atomic E-state index is 12.8. The first kappa shape index (κ1) is 18.4. The summed E-state index contributed by atoms with van der Waals surface area (Å²) in [6.07, 6.45) is 0. The minimum atomic E-state index is -0.331. The quantitative estimate of drug-likeness (QED) is 0.742. The second kappa shape index (κ2) is 8.77. The van der Waals surface area contributed by atoms with E-state index in [0.29, 0.717) is 28.6 Å². The average Bonchev–Trinajstić information content (AvgIpc) is 2.65. The summed E-state index contributed by atoms with van der Waals surface area (Å²) < 4.78 is 33.9. The fourth-order valence-electron chi connectivity index (χ4n) is 2.18. The predicted octanol–water partition coefficient (Wildman–Crippen LogP) is 2.66. The van der Waals surface area contributed by atoms with Gasteiger partial charge in [0.15, 0.2) is 11.5 Å². The molecule has 0 aromatic heterocycles. The smallest absolute Gasteiger partial charge is 0.251 e. The molecule has 7 heteroatoms. The van der Waals surface area contributed by atoms with Crippen LogP contribution in [0.5, 0.6) is 23.0 Å². The monoisotopic (exact) mass is 349 g/mol. The van der Waals surface area contributed by atoms with Crippen LogP contribution in [0.1, 0.15) is 10.4 Å². The highest BCUT2D eigenvalue weighted by molar-refractivity contribution is 5.95. The molecule has 0 radical (unpaired) electrons. The van der Waals surface area contributed by atoms with Crippen LogP contribution in [0.4, 0.5) is 4.39 Å². The second-order valence-electron chi connectivity index (χ2n) is 4.97. The molecule has 0 unspecified atom stereocenters. The van der Waals surface area contributed by atoms with Gasteiger partial charge in [-0.2, -0.15) is 0 Å². The molecule has 6 nitrogen and oxygen atoms in total. The zero-order chi connectivity index (χ0) is 18.2. The molecule has 0 saturated carbocycles. The molecule has 2 rings (SSSR count). The van der Waals surface area contributed by atoms with Gasteiger partial charge in [0, 0.05) is 5.56 Å². The lowest BCUT2D eigenvalue weighted by Crippen LogP contribution is -2.28. The Morgan fingerprint density at radius 3 is 2.12 bits per heavy atom. The maximum Gasteiger partial charge on any atom is 0.251 e. The Morgan fingerprint density at radius 1 is 1.00 bits per heavy atom. The number of halogens is 1. The average molecular weight is 349 g/mol. The van der Waals surface area contributed by atoms with E-state index in [0.717, 1.165) is 0 Å². The highest BCUT2D eigenvalue weighted by atomic mass is 19.1. The van der Waals surface area contributed by atoms with E-state index in [1.165, 1.54) is 45.6 Å². The van der Waals surface area contributed by atoms with Gasteiger partial charge in [-0.3, -0.25) is 4.79 Å². The molecule has 0 saturated heterocycles. The highest BCUT2D eigenvalue weighted by Gasteiger charge is 2.16. The summed E-state index contributed by atoms with van der Waals surface area (Å²) in [6.45, 7) is 0.536. The second-order valence-corrected chi connectivity index (χ2v) is 4.97. The molecule has 0 spiro atoms. The molecular weight excluding hydrogens is 329 g/mol. The van der Waals surface area contributed by atoms with Crippen LogP contribution in [0.3, 0.4) is 0 Å². The summed E-state index contributed by atoms with van der Waals surface area (Å²) >= 11 is 0. The van der Waals surface area contributed by atoms with Crippen molar-refractivity contribution in [1.29, 1.82) is 0 Å². The van der Waals surface area contributed by atoms with Gasteiger partial charge in [-0.15, -0.1) is 0 Å². The molecule has 25 heavy (non-hydrogen) atoms. The van der Waals surface area contributed by atoms with Crippen LogP contribution >= 0.6 is 0 Å². The lowest BCUT2D eigenvalue weighted by molar-refractivity contribution is 0.0946. The van der Waals surface area contributed by atoms with Gasteiger partial charge in [0.1, 0.15) is 18.2 Å². The lowest BCUT2D eigenvalue weighted by Gasteiger charge is -2.14. The minimum Gasteiger partial charge on any atom is -0.493 e. The lowest BCUT2D eigenvalue weighted by atomic mass is 10.1. The third kappa shape index (κ3) is 4.76. The van der Waals surface area contributed by atoms with Gasteiger partial charge in [0.2, 0.25) is 5.75 Å². The van der Waals surface area contributed by atoms with E-state index in [9.17, 15) is 9.18 Å². The number of hydrogen-bond donors (Lipinski definition) is 1. The van der Waals surface area contributed by atoms with Crippen LogP contribution in [0.15, 0.2) is 36.4 Å². The van der Waals surface area contributed by atoms with E-state index in [1.54, 1.807) is 12.1 Å². The van der Waals surface area contributed by atoms with Gasteiger partial charge in [0.05, 0.1) is 27.9 Å². The van der Waals surface area contributed by atoms with E-state index < -0.39 is 0 Å². The van der Waals surface area contributed by atoms with Crippen LogP contribution in [-0.4, -0.2) is 40.4 Å². The van der Waals surface area contributed by atoms with Crippen molar-refractivity contribution in [3.8, 4) is 23.0 Å². The predicted molar refractivity (Wildman–Crippen MR) is 90.3 cm³/mol. The Bertz CT molecular complexity index is 693. The number of ether oxygens (including phenoxy) is 4. The van der Waals surface area contributed by atoms with Crippen molar-refractivity contribution in [3.63, 3.8) is 0 Å². The number of hydrogen-bond acceptors (Lipinski definition) is 5. The zero-order valence-electron chi connectivity index (χ0n) is 14.3. The normalized spacial score (nSPS) is 10.1. The summed E-state index contributed by atoms with van der Waals surface area (Å²) in [5.41, 5.74) is 0.372. The van der Waals surface area contributed by atoms with Crippen LogP contribution in [0.25, 0.3) is 0 Å². The topological polar surface area (TPSA) is 66.0 Å². The summed E-state index contributed by atoms with van der Waals surface area (Å²) in [7, 11) is 4.46. The fraction of sp³-hybridized carbons (Fsp3) is 0.278. The van der Waals surface area contributed by atoms with Crippen molar-refractivity contribution < 1.29 is 28.1 Å². The van der Waals surface area contributed by atoms with Crippen molar-refractivity contribution in [2.75, 3.05) is 34.5 Å². The molecule has 2 aromatic carbocycles. The number of nitrogens with one attached hydrogen (secondary N) is 1. The Hall–Kier alpha value is -2.96. The number of benzene rings is 2. The summed E-state index contributed by atoms with van der Waals surface area (Å²) in [5, 5.41) is 2.73. The van der Waals surface area contributed by atoms with Crippen molar-refractivity contribution in [2.24, 2.45) is 0 Å². The van der Waals surface area contributed by atoms with E-state index in [2.05, 4.69) is 5.32 Å². The molecule has 0 aliphatic heterocycles. The van der Waals surface area contributed by atoms with Gasteiger partial charge < -0.3 is 24.3 Å². The first-order valence-electron chi connectivity index (χ1n) is 7.55. The fourth-order valence-corrected chi connectivity index (χ4v) is 2.18. The van der Waals surface area contributed by atoms with Crippen molar-refractivity contribution >= 4 is 5.91 Å². The van der Waals surface area contributed by atoms with Crippen LogP contribution < -0.4 is 24.3 Å². The third-order valence-corrected chi connectivity index (χ3v) is 3.40. The van der Waals surface area contributed by atoms with Gasteiger partial charge in [-0.05, 0) is 36.4 Å². The number of carbonyl (C=O) groups is 1. The van der Waals surface area contributed by atoms with Gasteiger partial charge in [-0.25, -0.2) is 4.39 Å². The first-order valence-corrected chi connectivity index (χ1v) is 7.55. The molecule has 0 aliphatic carbocycles. The molecule has 0 bridgehead atoms. The minimum absolute atomic E-state index is 0.252. The Labute approximate surface area is 145 Å². The Morgan fingerprint density at radius 2 is 1.60 bits per heavy atom. The molecule has 0 aliphatic rings. The van der Waals surface area contributed by atoms with Crippen molar-refractivity contribution in [3.05, 3.63) is 47.8 Å². The van der Waals surface area contributed by atoms with Gasteiger partial charge >= 0.3 is 0 Å². The van der Waals surface area contributed by atoms with Crippen molar-refractivity contribution in [2.45, 2.75) is 0 Å². The highest BCUT2D eigenvalue weighted by Crippen LogP contribution is 2.38. The van der Waals surface area contributed by atoms with E-state index in [-0.39, 0.29) is 24.9 Å². The van der Waals surface area contributed by atoms with Crippen molar-refractivity contribution in [1.82, 2.24) is 5.32 Å². The molecule has 1 amide bonds. The number of amides is 1. The van der Waals surface area contributed by atoms with Gasteiger partial charge in [-0.1, -0.05) is 0 Å². The summed E-state index contributed by atoms with van der Waals surface area (Å²) in [6, 6.07) is 8.80. The van der Waals surface area contributed by atoms with E-state index >= 15 is 0 Å². The standard InChI is InChI=1S/C18H20FNO5/c1-22-15-10-12(11-16(23-2)17(15)24-3)18(21)20-8-9-25-14-6-4-13(19)5-7-14/h4-7,10-11H,8-9H2,1-3H3,(H,20,21). The molecule has 1 N–H and O–H groups in total. The Kier molecular flexibility index (Phi) is 6.45. The first-order chi connectivity index (χ1) is 12.1. The number of carbonyl (C=O) groups excluding carboxylic acids is 1. The van der Waals surface area contributed by atoms with Crippen LogP contribution in [-0.2, 0) is 0 Å². The molecule has 2 aromatic rings. The summed E-state index contributed by atoms with van der Waals surface area (Å²) in [4.78, 5) is 12.3. The van der Waals surface area contributed by atoms with Crippen LogP contribution in [0.2, 0.25) is 0 Å². The summed E-state index contributed by atoms with van der Waals surface area (Å²) in [5.74, 6) is 1.11. The van der Waals surface area contributed by atoms with E-state index in [4.69, 9.17) is 18.9 Å². The largest absolute Gasteiger partial charge is 0.493 e. The Balaban J connectivity index is 1.95. The molecule has 134 valence electrons.